The number of hydrogen-bond acceptors (Lipinski definition) is 5. The number of aromatic nitrogens is 2. The zero-order chi connectivity index (χ0) is 22.9. The topological polar surface area (TPSA) is 116 Å². The fraction of sp³-hybridized carbons (Fsp3) is 0.200. The highest BCUT2D eigenvalue weighted by molar-refractivity contribution is 7.89. The zero-order valence-electron chi connectivity index (χ0n) is 16.9. The van der Waals surface area contributed by atoms with Gasteiger partial charge in [-0.1, -0.05) is 23.2 Å². The first-order valence-corrected chi connectivity index (χ1v) is 11.3. The number of carbonyl (C=O) groups is 1. The van der Waals surface area contributed by atoms with Gasteiger partial charge >= 0.3 is 0 Å². The lowest BCUT2D eigenvalue weighted by Crippen LogP contribution is -2.17. The average molecular weight is 483 g/mol. The Hall–Kier alpha value is -2.59. The first-order chi connectivity index (χ1) is 14.5. The summed E-state index contributed by atoms with van der Waals surface area (Å²) >= 11 is 12.1. The van der Waals surface area contributed by atoms with E-state index in [0.29, 0.717) is 27.2 Å². The van der Waals surface area contributed by atoms with Crippen LogP contribution in [0.2, 0.25) is 10.0 Å². The number of nitrogens with zero attached hydrogens (tertiary/aromatic N) is 2. The van der Waals surface area contributed by atoms with Crippen molar-refractivity contribution in [2.45, 2.75) is 25.2 Å². The molecule has 11 heteroatoms. The summed E-state index contributed by atoms with van der Waals surface area (Å²) in [5.41, 5.74) is 3.07. The van der Waals surface area contributed by atoms with Crippen molar-refractivity contribution in [2.24, 2.45) is 5.14 Å². The van der Waals surface area contributed by atoms with Gasteiger partial charge < -0.3 is 10.1 Å². The van der Waals surface area contributed by atoms with Crippen LogP contribution in [0.1, 0.15) is 17.0 Å². The van der Waals surface area contributed by atoms with Gasteiger partial charge in [0, 0.05) is 11.3 Å². The van der Waals surface area contributed by atoms with E-state index in [1.807, 2.05) is 6.92 Å². The predicted molar refractivity (Wildman–Crippen MR) is 120 cm³/mol. The molecule has 0 saturated heterocycles. The summed E-state index contributed by atoms with van der Waals surface area (Å²) in [5, 5.41) is 13.2. The van der Waals surface area contributed by atoms with Crippen LogP contribution in [0.25, 0.3) is 5.69 Å². The number of hydrogen-bond donors (Lipinski definition) is 2. The lowest BCUT2D eigenvalue weighted by Gasteiger charge is -2.12. The van der Waals surface area contributed by atoms with Gasteiger partial charge in [0.1, 0.15) is 5.75 Å². The van der Waals surface area contributed by atoms with E-state index in [0.717, 1.165) is 11.3 Å². The molecule has 0 atom stereocenters. The maximum Gasteiger partial charge on any atom is 0.238 e. The Morgan fingerprint density at radius 3 is 2.48 bits per heavy atom. The molecule has 2 aromatic carbocycles. The Morgan fingerprint density at radius 1 is 1.16 bits per heavy atom. The molecule has 0 bridgehead atoms. The first-order valence-electron chi connectivity index (χ1n) is 9.02. The third-order valence-electron chi connectivity index (χ3n) is 4.70. The van der Waals surface area contributed by atoms with E-state index in [1.54, 1.807) is 29.8 Å². The lowest BCUT2D eigenvalue weighted by molar-refractivity contribution is -0.115. The minimum Gasteiger partial charge on any atom is -0.495 e. The molecule has 0 aliphatic carbocycles. The molecule has 0 spiro atoms. The van der Waals surface area contributed by atoms with Gasteiger partial charge in [-0.3, -0.25) is 4.79 Å². The molecule has 1 amide bonds. The van der Waals surface area contributed by atoms with Gasteiger partial charge in [0.05, 0.1) is 45.5 Å². The molecule has 0 unspecified atom stereocenters. The van der Waals surface area contributed by atoms with Gasteiger partial charge in [0.15, 0.2) is 0 Å². The van der Waals surface area contributed by atoms with Gasteiger partial charge in [-0.25, -0.2) is 18.2 Å². The number of nitrogens with two attached hydrogens (primary N) is 1. The summed E-state index contributed by atoms with van der Waals surface area (Å²) in [6, 6.07) is 9.13. The van der Waals surface area contributed by atoms with E-state index < -0.39 is 10.0 Å². The number of halogens is 2. The molecule has 1 aromatic heterocycles. The van der Waals surface area contributed by atoms with Gasteiger partial charge in [-0.15, -0.1) is 0 Å². The van der Waals surface area contributed by atoms with Crippen molar-refractivity contribution in [1.82, 2.24) is 9.78 Å². The van der Waals surface area contributed by atoms with Crippen molar-refractivity contribution < 1.29 is 17.9 Å². The van der Waals surface area contributed by atoms with Crippen molar-refractivity contribution in [3.63, 3.8) is 0 Å². The SMILES string of the molecule is COc1ccc(S(N)(=O)=O)cc1NC(=O)Cc1c(C)nn(-c2ccc(Cl)c(Cl)c2)c1C. The summed E-state index contributed by atoms with van der Waals surface area (Å²) in [5.74, 6) is -0.0644. The van der Waals surface area contributed by atoms with Crippen molar-refractivity contribution >= 4 is 44.8 Å². The molecule has 3 rings (SSSR count). The van der Waals surface area contributed by atoms with Crippen LogP contribution in [0.4, 0.5) is 5.69 Å². The van der Waals surface area contributed by atoms with Crippen LogP contribution in [0.15, 0.2) is 41.3 Å². The number of benzene rings is 2. The number of anilines is 1. The fourth-order valence-electron chi connectivity index (χ4n) is 3.12. The van der Waals surface area contributed by atoms with Crippen LogP contribution in [0.5, 0.6) is 5.75 Å². The molecular weight excluding hydrogens is 463 g/mol. The van der Waals surface area contributed by atoms with E-state index in [9.17, 15) is 13.2 Å². The molecule has 8 nitrogen and oxygen atoms in total. The molecule has 0 radical (unpaired) electrons. The normalized spacial score (nSPS) is 11.4. The van der Waals surface area contributed by atoms with E-state index in [1.165, 1.54) is 25.3 Å². The Bertz CT molecular complexity index is 1270. The number of carbonyl (C=O) groups excluding carboxylic acids is 1. The second-order valence-electron chi connectivity index (χ2n) is 6.79. The molecule has 0 fully saturated rings. The Labute approximate surface area is 190 Å². The quantitative estimate of drug-likeness (QED) is 0.556. The number of methoxy groups -OCH3 is 1. The first kappa shape index (κ1) is 23.1. The molecule has 0 saturated carbocycles. The molecule has 0 aliphatic heterocycles. The maximum atomic E-state index is 12.7. The zero-order valence-corrected chi connectivity index (χ0v) is 19.3. The standard InChI is InChI=1S/C20H20Cl2N4O4S/c1-11-15(12(2)26(25-11)13-4-6-16(21)17(22)8-13)10-20(27)24-18-9-14(31(23,28)29)5-7-19(18)30-3/h4-9H,10H2,1-3H3,(H,24,27)(H2,23,28,29). The third kappa shape index (κ3) is 5.01. The highest BCUT2D eigenvalue weighted by Gasteiger charge is 2.19. The number of nitrogens with one attached hydrogen (secondary N) is 1. The van der Waals surface area contributed by atoms with Gasteiger partial charge in [0.2, 0.25) is 15.9 Å². The van der Waals surface area contributed by atoms with Crippen LogP contribution in [-0.2, 0) is 21.2 Å². The summed E-state index contributed by atoms with van der Waals surface area (Å²) in [6.45, 7) is 3.64. The molecule has 31 heavy (non-hydrogen) atoms. The molecule has 3 N–H and O–H groups in total. The second kappa shape index (κ2) is 8.88. The number of aryl methyl sites for hydroxylation is 1. The molecule has 1 heterocycles. The summed E-state index contributed by atoms with van der Waals surface area (Å²) in [4.78, 5) is 12.6. The highest BCUT2D eigenvalue weighted by Crippen LogP contribution is 2.29. The van der Waals surface area contributed by atoms with E-state index >= 15 is 0 Å². The van der Waals surface area contributed by atoms with Crippen molar-refractivity contribution in [3.05, 3.63) is 63.4 Å². The van der Waals surface area contributed by atoms with E-state index in [2.05, 4.69) is 10.4 Å². The minimum atomic E-state index is -3.93. The fourth-order valence-corrected chi connectivity index (χ4v) is 3.95. The largest absolute Gasteiger partial charge is 0.495 e. The molecule has 164 valence electrons. The number of primary sulfonamides is 1. The van der Waals surface area contributed by atoms with Crippen LogP contribution in [0, 0.1) is 13.8 Å². The minimum absolute atomic E-state index is 0.0156. The summed E-state index contributed by atoms with van der Waals surface area (Å²) in [7, 11) is -2.52. The van der Waals surface area contributed by atoms with Gasteiger partial charge in [-0.2, -0.15) is 5.10 Å². The molecular formula is C20H20Cl2N4O4S. The van der Waals surface area contributed by atoms with Crippen molar-refractivity contribution in [2.75, 3.05) is 12.4 Å². The highest BCUT2D eigenvalue weighted by atomic mass is 35.5. The van der Waals surface area contributed by atoms with Crippen LogP contribution < -0.4 is 15.2 Å². The average Bonchev–Trinajstić information content (AvgIpc) is 2.97. The summed E-state index contributed by atoms with van der Waals surface area (Å²) in [6.07, 6.45) is 0.0156. The summed E-state index contributed by atoms with van der Waals surface area (Å²) < 4.78 is 30.1. The van der Waals surface area contributed by atoms with Gasteiger partial charge in [0.25, 0.3) is 0 Å². The molecule has 0 aliphatic rings. The van der Waals surface area contributed by atoms with Crippen molar-refractivity contribution in [1.29, 1.82) is 0 Å². The van der Waals surface area contributed by atoms with Crippen LogP contribution in [-0.4, -0.2) is 31.2 Å². The Morgan fingerprint density at radius 2 is 1.87 bits per heavy atom. The number of rotatable bonds is 6. The van der Waals surface area contributed by atoms with Gasteiger partial charge in [-0.05, 0) is 50.2 Å². The van der Waals surface area contributed by atoms with Crippen molar-refractivity contribution in [3.8, 4) is 11.4 Å². The maximum absolute atomic E-state index is 12.7. The Kier molecular flexibility index (Phi) is 6.61. The van der Waals surface area contributed by atoms with Crippen LogP contribution in [0.3, 0.4) is 0 Å². The second-order valence-corrected chi connectivity index (χ2v) is 9.17. The Balaban J connectivity index is 1.88. The predicted octanol–water partition coefficient (Wildman–Crippen LogP) is 3.63. The number of sulfonamides is 1. The van der Waals surface area contributed by atoms with E-state index in [-0.39, 0.29) is 22.9 Å². The molecule has 3 aromatic rings. The number of ether oxygens (including phenoxy) is 1. The number of amides is 1. The lowest BCUT2D eigenvalue weighted by atomic mass is 10.1. The monoisotopic (exact) mass is 482 g/mol. The smallest absolute Gasteiger partial charge is 0.238 e. The third-order valence-corrected chi connectivity index (χ3v) is 6.35. The van der Waals surface area contributed by atoms with Crippen LogP contribution >= 0.6 is 23.2 Å². The van der Waals surface area contributed by atoms with E-state index in [4.69, 9.17) is 33.1 Å².